The molecule has 2 aromatic heterocycles. The first kappa shape index (κ1) is 26.2. The minimum absolute atomic E-state index is 0. The summed E-state index contributed by atoms with van der Waals surface area (Å²) in [6.45, 7) is 7.30. The van der Waals surface area contributed by atoms with E-state index in [1.165, 1.54) is 18.4 Å². The predicted molar refractivity (Wildman–Crippen MR) is 146 cm³/mol. The average Bonchev–Trinajstić information content (AvgIpc) is 3.63. The number of nitrogens with zero attached hydrogens (tertiary/aromatic N) is 5. The van der Waals surface area contributed by atoms with Gasteiger partial charge >= 0.3 is 0 Å². The molecular weight excluding hydrogens is 541 g/mol. The van der Waals surface area contributed by atoms with Gasteiger partial charge in [0.1, 0.15) is 17.9 Å². The van der Waals surface area contributed by atoms with Gasteiger partial charge in [0, 0.05) is 26.1 Å². The fourth-order valence-electron chi connectivity index (χ4n) is 4.28. The van der Waals surface area contributed by atoms with Crippen molar-refractivity contribution in [2.75, 3.05) is 32.7 Å². The molecule has 34 heavy (non-hydrogen) atoms. The first-order chi connectivity index (χ1) is 16.3. The van der Waals surface area contributed by atoms with Crippen molar-refractivity contribution < 1.29 is 4.42 Å². The van der Waals surface area contributed by atoms with Gasteiger partial charge in [-0.2, -0.15) is 0 Å². The standard InChI is InChI=1S/C25H35N7O.HI/c1-2-24-30-29-20-32(24)17-14-27-25(26-13-12-21-9-4-3-5-10-21)28-19-22(23-11-8-18-33-23)31-15-6-7-16-31;/h3-5,8-11,18,20,22H,2,6-7,12-17,19H2,1H3,(H2,26,27,28);1H. The summed E-state index contributed by atoms with van der Waals surface area (Å²) >= 11 is 0. The number of benzene rings is 1. The highest BCUT2D eigenvalue weighted by molar-refractivity contribution is 14.0. The monoisotopic (exact) mass is 577 g/mol. The van der Waals surface area contributed by atoms with Gasteiger partial charge in [0.05, 0.1) is 18.8 Å². The number of hydrogen-bond acceptors (Lipinski definition) is 5. The van der Waals surface area contributed by atoms with E-state index < -0.39 is 0 Å². The van der Waals surface area contributed by atoms with E-state index in [0.717, 1.165) is 63.1 Å². The zero-order chi connectivity index (χ0) is 22.7. The van der Waals surface area contributed by atoms with E-state index in [4.69, 9.17) is 9.41 Å². The summed E-state index contributed by atoms with van der Waals surface area (Å²) in [5, 5.41) is 15.2. The third-order valence-electron chi connectivity index (χ3n) is 6.08. The molecule has 1 aromatic carbocycles. The Balaban J connectivity index is 0.00000324. The quantitative estimate of drug-likeness (QED) is 0.206. The smallest absolute Gasteiger partial charge is 0.191 e. The van der Waals surface area contributed by atoms with Gasteiger partial charge in [-0.1, -0.05) is 37.3 Å². The molecule has 0 spiro atoms. The molecular formula is C25H36IN7O. The summed E-state index contributed by atoms with van der Waals surface area (Å²) in [7, 11) is 0. The first-order valence-corrected chi connectivity index (χ1v) is 12.0. The molecule has 1 unspecified atom stereocenters. The maximum absolute atomic E-state index is 5.77. The van der Waals surface area contributed by atoms with Crippen LogP contribution >= 0.6 is 24.0 Å². The molecule has 0 bridgehead atoms. The number of guanidine groups is 1. The number of aliphatic imine (C=N–C) groups is 1. The number of rotatable bonds is 11. The van der Waals surface area contributed by atoms with Gasteiger partial charge in [-0.05, 0) is 50.0 Å². The van der Waals surface area contributed by atoms with Gasteiger partial charge < -0.3 is 19.6 Å². The van der Waals surface area contributed by atoms with E-state index in [9.17, 15) is 0 Å². The second kappa shape index (κ2) is 14.1. The fourth-order valence-corrected chi connectivity index (χ4v) is 4.28. The highest BCUT2D eigenvalue weighted by atomic mass is 127. The van der Waals surface area contributed by atoms with E-state index in [2.05, 4.69) is 67.6 Å². The highest BCUT2D eigenvalue weighted by Crippen LogP contribution is 2.25. The Labute approximate surface area is 219 Å². The molecule has 1 fully saturated rings. The zero-order valence-corrected chi connectivity index (χ0v) is 22.2. The summed E-state index contributed by atoms with van der Waals surface area (Å²) in [6.07, 6.45) is 7.84. The Hall–Kier alpha value is -2.40. The fraction of sp³-hybridized carbons (Fsp3) is 0.480. The second-order valence-electron chi connectivity index (χ2n) is 8.35. The molecule has 1 atom stereocenters. The minimum Gasteiger partial charge on any atom is -0.468 e. The number of hydrogen-bond donors (Lipinski definition) is 2. The van der Waals surface area contributed by atoms with Gasteiger partial charge in [-0.25, -0.2) is 0 Å². The lowest BCUT2D eigenvalue weighted by molar-refractivity contribution is 0.221. The predicted octanol–water partition coefficient (Wildman–Crippen LogP) is 3.67. The van der Waals surface area contributed by atoms with Crippen LogP contribution in [0.15, 0.2) is 64.5 Å². The molecule has 2 N–H and O–H groups in total. The van der Waals surface area contributed by atoms with Crippen molar-refractivity contribution in [1.29, 1.82) is 0 Å². The SMILES string of the molecule is CCc1nncn1CCNC(=NCC(c1ccco1)N1CCCC1)NCCc1ccccc1.I. The minimum atomic E-state index is 0. The number of nitrogens with one attached hydrogen (secondary N) is 2. The van der Waals surface area contributed by atoms with Crippen LogP contribution in [0.1, 0.15) is 43.0 Å². The molecule has 0 amide bonds. The number of halogens is 1. The summed E-state index contributed by atoms with van der Waals surface area (Å²) in [6, 6.07) is 14.7. The van der Waals surface area contributed by atoms with Crippen LogP contribution in [0.3, 0.4) is 0 Å². The Bertz CT molecular complexity index is 968. The van der Waals surface area contributed by atoms with Crippen LogP contribution in [0.5, 0.6) is 0 Å². The molecule has 3 aromatic rings. The van der Waals surface area contributed by atoms with E-state index in [-0.39, 0.29) is 30.0 Å². The Morgan fingerprint density at radius 1 is 1.09 bits per heavy atom. The summed E-state index contributed by atoms with van der Waals surface area (Å²) in [4.78, 5) is 7.45. The number of furan rings is 1. The van der Waals surface area contributed by atoms with E-state index in [0.29, 0.717) is 6.54 Å². The zero-order valence-electron chi connectivity index (χ0n) is 19.9. The lowest BCUT2D eigenvalue weighted by Crippen LogP contribution is -2.40. The van der Waals surface area contributed by atoms with Crippen molar-refractivity contribution in [3.8, 4) is 0 Å². The van der Waals surface area contributed by atoms with Crippen molar-refractivity contribution in [1.82, 2.24) is 30.3 Å². The first-order valence-electron chi connectivity index (χ1n) is 12.0. The van der Waals surface area contributed by atoms with Crippen molar-refractivity contribution in [3.05, 3.63) is 72.2 Å². The Morgan fingerprint density at radius 3 is 2.62 bits per heavy atom. The maximum atomic E-state index is 5.77. The third-order valence-corrected chi connectivity index (χ3v) is 6.08. The Morgan fingerprint density at radius 2 is 1.88 bits per heavy atom. The van der Waals surface area contributed by atoms with Crippen LogP contribution in [-0.2, 0) is 19.4 Å². The van der Waals surface area contributed by atoms with Crippen molar-refractivity contribution >= 4 is 29.9 Å². The molecule has 0 radical (unpaired) electrons. The van der Waals surface area contributed by atoms with Gasteiger partial charge in [-0.15, -0.1) is 34.2 Å². The van der Waals surface area contributed by atoms with Gasteiger partial charge in [-0.3, -0.25) is 9.89 Å². The molecule has 1 aliphatic rings. The maximum Gasteiger partial charge on any atom is 0.191 e. The van der Waals surface area contributed by atoms with Crippen molar-refractivity contribution in [2.45, 2.75) is 45.2 Å². The van der Waals surface area contributed by atoms with Crippen LogP contribution in [0.4, 0.5) is 0 Å². The number of likely N-dealkylation sites (tertiary alicyclic amines) is 1. The largest absolute Gasteiger partial charge is 0.468 e. The molecule has 8 nitrogen and oxygen atoms in total. The van der Waals surface area contributed by atoms with Crippen molar-refractivity contribution in [3.63, 3.8) is 0 Å². The molecule has 184 valence electrons. The lowest BCUT2D eigenvalue weighted by Gasteiger charge is -2.24. The summed E-state index contributed by atoms with van der Waals surface area (Å²) in [5.41, 5.74) is 1.31. The van der Waals surface area contributed by atoms with Gasteiger partial charge in [0.2, 0.25) is 0 Å². The molecule has 9 heteroatoms. The van der Waals surface area contributed by atoms with E-state index >= 15 is 0 Å². The lowest BCUT2D eigenvalue weighted by atomic mass is 10.1. The average molecular weight is 578 g/mol. The molecule has 0 aliphatic carbocycles. The molecule has 1 aliphatic heterocycles. The van der Waals surface area contributed by atoms with E-state index in [1.807, 2.05) is 12.1 Å². The Kier molecular flexibility index (Phi) is 10.9. The highest BCUT2D eigenvalue weighted by Gasteiger charge is 2.25. The molecule has 3 heterocycles. The van der Waals surface area contributed by atoms with Crippen LogP contribution in [-0.4, -0.2) is 58.3 Å². The summed E-state index contributed by atoms with van der Waals surface area (Å²) < 4.78 is 7.85. The van der Waals surface area contributed by atoms with Crippen LogP contribution in [0, 0.1) is 0 Å². The van der Waals surface area contributed by atoms with Crippen LogP contribution in [0.25, 0.3) is 0 Å². The molecule has 1 saturated heterocycles. The van der Waals surface area contributed by atoms with Crippen molar-refractivity contribution in [2.24, 2.45) is 4.99 Å². The third kappa shape index (κ3) is 7.56. The summed E-state index contributed by atoms with van der Waals surface area (Å²) in [5.74, 6) is 2.81. The van der Waals surface area contributed by atoms with Gasteiger partial charge in [0.15, 0.2) is 5.96 Å². The van der Waals surface area contributed by atoms with Crippen LogP contribution < -0.4 is 10.6 Å². The number of aromatic nitrogens is 3. The van der Waals surface area contributed by atoms with E-state index in [1.54, 1.807) is 12.6 Å². The molecule has 4 rings (SSSR count). The second-order valence-corrected chi connectivity index (χ2v) is 8.35. The normalized spacial score (nSPS) is 15.1. The van der Waals surface area contributed by atoms with Gasteiger partial charge in [0.25, 0.3) is 0 Å². The topological polar surface area (TPSA) is 83.5 Å². The number of aryl methyl sites for hydroxylation is 1. The van der Waals surface area contributed by atoms with Crippen LogP contribution in [0.2, 0.25) is 0 Å². The molecule has 0 saturated carbocycles.